The molecule has 0 amide bonds. The number of unbranched alkanes of at least 4 members (excludes halogenated alkanes) is 15. The van der Waals surface area contributed by atoms with Crippen LogP contribution in [0.2, 0.25) is 0 Å². The third-order valence-electron chi connectivity index (χ3n) is 4.46. The van der Waals surface area contributed by atoms with E-state index in [0.717, 1.165) is 19.3 Å². The molecule has 0 spiro atoms. The highest BCUT2D eigenvalue weighted by molar-refractivity contribution is 4.69. The molecule has 0 unspecified atom stereocenters. The highest BCUT2D eigenvalue weighted by Crippen LogP contribution is 2.13. The lowest BCUT2D eigenvalue weighted by atomic mass is 10.0. The molecule has 138 valence electrons. The molecule has 0 aromatic heterocycles. The van der Waals surface area contributed by atoms with Crippen LogP contribution < -0.4 is 0 Å². The van der Waals surface area contributed by atoms with Gasteiger partial charge in [0.05, 0.1) is 12.9 Å². The molecule has 2 nitrogen and oxygen atoms in total. The molecule has 0 rings (SSSR count). The quantitative estimate of drug-likeness (QED) is 0.199. The second kappa shape index (κ2) is 21.5. The van der Waals surface area contributed by atoms with Crippen LogP contribution in [0.3, 0.4) is 0 Å². The van der Waals surface area contributed by atoms with Crippen molar-refractivity contribution in [2.45, 2.75) is 110 Å². The van der Waals surface area contributed by atoms with Gasteiger partial charge in [-0.05, 0) is 12.5 Å². The third kappa shape index (κ3) is 21.5. The van der Waals surface area contributed by atoms with Crippen molar-refractivity contribution >= 4 is 0 Å². The van der Waals surface area contributed by atoms with Crippen LogP contribution >= 0.6 is 0 Å². The Balaban J connectivity index is 2.95. The van der Waals surface area contributed by atoms with Crippen LogP contribution in [0.5, 0.6) is 0 Å². The molecular weight excluding hydrogens is 284 g/mol. The second-order valence-electron chi connectivity index (χ2n) is 6.76. The molecular formula is C21H42O2. The maximum atomic E-state index is 8.45. The van der Waals surface area contributed by atoms with Gasteiger partial charge in [-0.25, -0.2) is 0 Å². The summed E-state index contributed by atoms with van der Waals surface area (Å²) in [6.07, 6.45) is 25.1. The first-order valence-electron chi connectivity index (χ1n) is 10.3. The van der Waals surface area contributed by atoms with Crippen LogP contribution in [0, 0.1) is 0 Å². The molecule has 0 radical (unpaired) electrons. The lowest BCUT2D eigenvalue weighted by Crippen LogP contribution is -1.94. The van der Waals surface area contributed by atoms with Crippen molar-refractivity contribution in [3.63, 3.8) is 0 Å². The summed E-state index contributed by atoms with van der Waals surface area (Å²) in [4.78, 5) is 0. The molecule has 0 bridgehead atoms. The summed E-state index contributed by atoms with van der Waals surface area (Å²) in [6.45, 7) is 3.64. The average molecular weight is 327 g/mol. The first-order valence-corrected chi connectivity index (χ1v) is 10.3. The molecule has 0 aromatic carbocycles. The Morgan fingerprint density at radius 1 is 0.609 bits per heavy atom. The summed E-state index contributed by atoms with van der Waals surface area (Å²) in [6, 6.07) is 0. The van der Waals surface area contributed by atoms with Crippen LogP contribution in [-0.4, -0.2) is 18.3 Å². The van der Waals surface area contributed by atoms with Gasteiger partial charge in [0.25, 0.3) is 0 Å². The molecule has 1 N–H and O–H groups in total. The summed E-state index contributed by atoms with van der Waals surface area (Å²) in [5.41, 5.74) is 0. The van der Waals surface area contributed by atoms with Gasteiger partial charge in [-0.1, -0.05) is 103 Å². The van der Waals surface area contributed by atoms with Gasteiger partial charge in [-0.15, -0.1) is 0 Å². The number of aliphatic hydroxyl groups is 1. The van der Waals surface area contributed by atoms with E-state index in [0.29, 0.717) is 6.61 Å². The highest BCUT2D eigenvalue weighted by Gasteiger charge is 1.94. The molecule has 0 atom stereocenters. The Morgan fingerprint density at radius 2 is 1.00 bits per heavy atom. The van der Waals surface area contributed by atoms with E-state index < -0.39 is 0 Å². The van der Waals surface area contributed by atoms with E-state index in [-0.39, 0.29) is 0 Å². The Morgan fingerprint density at radius 3 is 1.39 bits per heavy atom. The van der Waals surface area contributed by atoms with E-state index in [1.165, 1.54) is 96.3 Å². The Bertz CT molecular complexity index is 226. The van der Waals surface area contributed by atoms with Gasteiger partial charge in [0.2, 0.25) is 0 Å². The van der Waals surface area contributed by atoms with Gasteiger partial charge in [-0.2, -0.15) is 0 Å². The van der Waals surface area contributed by atoms with Crippen LogP contribution in [0.1, 0.15) is 110 Å². The van der Waals surface area contributed by atoms with Gasteiger partial charge in [0, 0.05) is 6.61 Å². The van der Waals surface area contributed by atoms with Gasteiger partial charge in [0.1, 0.15) is 0 Å². The van der Waals surface area contributed by atoms with Crippen LogP contribution in [0.25, 0.3) is 0 Å². The number of hydrogen-bond donors (Lipinski definition) is 1. The van der Waals surface area contributed by atoms with Crippen molar-refractivity contribution in [1.29, 1.82) is 0 Å². The number of ether oxygens (including phenoxy) is 1. The van der Waals surface area contributed by atoms with Crippen molar-refractivity contribution in [2.24, 2.45) is 0 Å². The van der Waals surface area contributed by atoms with Gasteiger partial charge in [-0.3, -0.25) is 0 Å². The second-order valence-corrected chi connectivity index (χ2v) is 6.76. The fourth-order valence-electron chi connectivity index (χ4n) is 2.95. The minimum atomic E-state index is 0.537. The number of aliphatic hydroxyl groups excluding tert-OH is 1. The summed E-state index contributed by atoms with van der Waals surface area (Å²) < 4.78 is 5.35. The lowest BCUT2D eigenvalue weighted by Gasteiger charge is -2.04. The maximum absolute atomic E-state index is 8.45. The van der Waals surface area contributed by atoms with Crippen molar-refractivity contribution in [2.75, 3.05) is 13.2 Å². The number of hydrogen-bond acceptors (Lipinski definition) is 2. The summed E-state index contributed by atoms with van der Waals surface area (Å²) in [7, 11) is 0. The normalized spacial score (nSPS) is 11.5. The Hall–Kier alpha value is -0.500. The molecule has 0 saturated carbocycles. The Kier molecular flexibility index (Phi) is 21.0. The SMILES string of the molecule is CCCCCCCCCCCCCCCCCCOC/C=C/O. The van der Waals surface area contributed by atoms with E-state index in [4.69, 9.17) is 9.84 Å². The summed E-state index contributed by atoms with van der Waals surface area (Å²) in [5.74, 6) is 0. The zero-order valence-corrected chi connectivity index (χ0v) is 15.7. The van der Waals surface area contributed by atoms with Gasteiger partial charge < -0.3 is 9.84 Å². The largest absolute Gasteiger partial charge is 0.516 e. The van der Waals surface area contributed by atoms with Crippen LogP contribution in [0.15, 0.2) is 12.3 Å². The van der Waals surface area contributed by atoms with Gasteiger partial charge in [0.15, 0.2) is 0 Å². The molecule has 0 fully saturated rings. The minimum absolute atomic E-state index is 0.537. The zero-order valence-electron chi connectivity index (χ0n) is 15.7. The van der Waals surface area contributed by atoms with Crippen molar-refractivity contribution < 1.29 is 9.84 Å². The standard InChI is InChI=1S/C21H42O2/c1-2-3-4-5-6-7-8-9-10-11-12-13-14-15-16-17-20-23-21-18-19-22/h18-19,22H,2-17,20-21H2,1H3/b19-18+. The fourth-order valence-corrected chi connectivity index (χ4v) is 2.95. The molecule has 0 aromatic rings. The Labute approximate surface area is 145 Å². The molecule has 0 heterocycles. The van der Waals surface area contributed by atoms with Crippen LogP contribution in [-0.2, 0) is 4.74 Å². The van der Waals surface area contributed by atoms with E-state index in [2.05, 4.69) is 6.92 Å². The van der Waals surface area contributed by atoms with Crippen molar-refractivity contribution in [3.05, 3.63) is 12.3 Å². The van der Waals surface area contributed by atoms with E-state index >= 15 is 0 Å². The summed E-state index contributed by atoms with van der Waals surface area (Å²) >= 11 is 0. The zero-order chi connectivity index (χ0) is 16.8. The van der Waals surface area contributed by atoms with Crippen LogP contribution in [0.4, 0.5) is 0 Å². The fraction of sp³-hybridized carbons (Fsp3) is 0.905. The van der Waals surface area contributed by atoms with E-state index in [1.807, 2.05) is 0 Å². The molecule has 2 heteroatoms. The predicted molar refractivity (Wildman–Crippen MR) is 102 cm³/mol. The molecule has 0 aliphatic carbocycles. The maximum Gasteiger partial charge on any atom is 0.0774 e. The molecule has 0 aliphatic rings. The average Bonchev–Trinajstić information content (AvgIpc) is 2.57. The van der Waals surface area contributed by atoms with E-state index in [1.54, 1.807) is 6.08 Å². The molecule has 0 saturated heterocycles. The third-order valence-corrected chi connectivity index (χ3v) is 4.46. The predicted octanol–water partition coefficient (Wildman–Crippen LogP) is 7.34. The van der Waals surface area contributed by atoms with E-state index in [9.17, 15) is 0 Å². The van der Waals surface area contributed by atoms with Gasteiger partial charge >= 0.3 is 0 Å². The molecule has 23 heavy (non-hydrogen) atoms. The first kappa shape index (κ1) is 22.5. The first-order chi connectivity index (χ1) is 11.4. The summed E-state index contributed by atoms with van der Waals surface area (Å²) in [5, 5.41) is 8.45. The highest BCUT2D eigenvalue weighted by atomic mass is 16.5. The smallest absolute Gasteiger partial charge is 0.0774 e. The van der Waals surface area contributed by atoms with Crippen molar-refractivity contribution in [1.82, 2.24) is 0 Å². The lowest BCUT2D eigenvalue weighted by molar-refractivity contribution is 0.156. The number of rotatable bonds is 19. The monoisotopic (exact) mass is 326 g/mol. The topological polar surface area (TPSA) is 29.5 Å². The minimum Gasteiger partial charge on any atom is -0.516 e. The molecule has 0 aliphatic heterocycles. The van der Waals surface area contributed by atoms with Crippen molar-refractivity contribution in [3.8, 4) is 0 Å².